The van der Waals surface area contributed by atoms with Crippen LogP contribution in [0, 0.1) is 13.8 Å². The van der Waals surface area contributed by atoms with Gasteiger partial charge in [-0.25, -0.2) is 4.98 Å². The normalized spacial score (nSPS) is 11.2. The third kappa shape index (κ3) is 2.75. The van der Waals surface area contributed by atoms with Gasteiger partial charge in [0.1, 0.15) is 5.52 Å². The first-order chi connectivity index (χ1) is 12.4. The van der Waals surface area contributed by atoms with Crippen LogP contribution in [-0.4, -0.2) is 40.3 Å². The molecule has 0 fully saturated rings. The van der Waals surface area contributed by atoms with Crippen LogP contribution < -0.4 is 0 Å². The number of esters is 2. The predicted molar refractivity (Wildman–Crippen MR) is 96.3 cm³/mol. The van der Waals surface area contributed by atoms with E-state index < -0.39 is 17.9 Å². The molecule has 2 aromatic heterocycles. The van der Waals surface area contributed by atoms with Gasteiger partial charge in [0.05, 0.1) is 31.8 Å². The van der Waals surface area contributed by atoms with Crippen LogP contribution in [0.4, 0.5) is 0 Å². The first kappa shape index (κ1) is 17.7. The van der Waals surface area contributed by atoms with E-state index in [1.807, 2.05) is 36.2 Å². The summed E-state index contributed by atoms with van der Waals surface area (Å²) in [5.41, 5.74) is 5.49. The summed E-state index contributed by atoms with van der Waals surface area (Å²) in [7, 11) is 4.44. The quantitative estimate of drug-likeness (QED) is 0.531. The van der Waals surface area contributed by atoms with Gasteiger partial charge < -0.3 is 18.6 Å². The molecule has 7 nitrogen and oxygen atoms in total. The summed E-state index contributed by atoms with van der Waals surface area (Å²) in [6.45, 7) is 4.07. The summed E-state index contributed by atoms with van der Waals surface area (Å²) >= 11 is 0. The number of nitrogens with zero attached hydrogens (tertiary/aromatic N) is 3. The lowest BCUT2D eigenvalue weighted by Gasteiger charge is -2.13. The van der Waals surface area contributed by atoms with Crippen molar-refractivity contribution in [1.82, 2.24) is 14.1 Å². The Bertz CT molecular complexity index is 984. The van der Waals surface area contributed by atoms with Crippen LogP contribution in [0.15, 0.2) is 30.9 Å². The molecule has 0 saturated carbocycles. The van der Waals surface area contributed by atoms with Crippen LogP contribution >= 0.6 is 0 Å². The van der Waals surface area contributed by atoms with Crippen molar-refractivity contribution in [3.8, 4) is 5.69 Å². The van der Waals surface area contributed by atoms with Crippen LogP contribution in [0.1, 0.15) is 22.6 Å². The van der Waals surface area contributed by atoms with Gasteiger partial charge in [0, 0.05) is 19.4 Å². The fraction of sp³-hybridized carbons (Fsp3) is 0.316. The van der Waals surface area contributed by atoms with Crippen molar-refractivity contribution in [2.45, 2.75) is 19.8 Å². The van der Waals surface area contributed by atoms with Crippen LogP contribution in [0.25, 0.3) is 16.7 Å². The largest absolute Gasteiger partial charge is 0.468 e. The minimum Gasteiger partial charge on any atom is -0.468 e. The molecule has 0 aliphatic heterocycles. The first-order valence-electron chi connectivity index (χ1n) is 8.14. The highest BCUT2D eigenvalue weighted by atomic mass is 16.5. The Kier molecular flexibility index (Phi) is 4.54. The van der Waals surface area contributed by atoms with Crippen LogP contribution in [0.2, 0.25) is 0 Å². The van der Waals surface area contributed by atoms with Gasteiger partial charge >= 0.3 is 11.9 Å². The maximum Gasteiger partial charge on any atom is 0.324 e. The molecule has 0 amide bonds. The van der Waals surface area contributed by atoms with Crippen LogP contribution in [0.3, 0.4) is 0 Å². The number of carbonyl (C=O) groups excluding carboxylic acids is 2. The van der Waals surface area contributed by atoms with E-state index in [0.29, 0.717) is 5.56 Å². The first-order valence-corrected chi connectivity index (χ1v) is 8.14. The standard InChI is InChI=1S/C19H21N3O4/c1-11-8-14-16(20-10-21(14)3)17(12(11)2)22-7-6-13(9-22)15(18(23)25-4)19(24)26-5/h6-10,15H,1-5H3. The van der Waals surface area contributed by atoms with E-state index in [2.05, 4.69) is 11.1 Å². The molecule has 0 spiro atoms. The second-order valence-electron chi connectivity index (χ2n) is 6.22. The molecule has 7 heteroatoms. The summed E-state index contributed by atoms with van der Waals surface area (Å²) in [5, 5.41) is 0. The number of aryl methyl sites for hydroxylation is 2. The minimum absolute atomic E-state index is 0.508. The van der Waals surface area contributed by atoms with Gasteiger partial charge in [0.15, 0.2) is 5.92 Å². The van der Waals surface area contributed by atoms with Crippen molar-refractivity contribution in [2.24, 2.45) is 7.05 Å². The third-order valence-corrected chi connectivity index (χ3v) is 4.69. The van der Waals surface area contributed by atoms with E-state index >= 15 is 0 Å². The Balaban J connectivity index is 2.16. The SMILES string of the molecule is COC(=O)C(C(=O)OC)c1ccn(-c2c(C)c(C)cc3c2ncn3C)c1. The summed E-state index contributed by atoms with van der Waals surface area (Å²) in [4.78, 5) is 28.6. The summed E-state index contributed by atoms with van der Waals surface area (Å²) in [6.07, 6.45) is 5.32. The lowest BCUT2D eigenvalue weighted by Crippen LogP contribution is -2.24. The van der Waals surface area contributed by atoms with E-state index in [-0.39, 0.29) is 0 Å². The molecule has 0 N–H and O–H groups in total. The second kappa shape index (κ2) is 6.67. The number of imidazole rings is 1. The number of ether oxygens (including phenoxy) is 2. The molecule has 136 valence electrons. The zero-order valence-corrected chi connectivity index (χ0v) is 15.4. The molecule has 0 saturated heterocycles. The van der Waals surface area contributed by atoms with E-state index in [9.17, 15) is 9.59 Å². The number of fused-ring (bicyclic) bond motifs is 1. The average molecular weight is 355 g/mol. The fourth-order valence-corrected chi connectivity index (χ4v) is 3.11. The summed E-state index contributed by atoms with van der Waals surface area (Å²) in [5.74, 6) is -2.42. The molecule has 0 unspecified atom stereocenters. The minimum atomic E-state index is -1.12. The molecule has 2 heterocycles. The number of aromatic nitrogens is 3. The van der Waals surface area contributed by atoms with Gasteiger partial charge in [0.2, 0.25) is 0 Å². The molecule has 3 rings (SSSR count). The van der Waals surface area contributed by atoms with Crippen molar-refractivity contribution in [2.75, 3.05) is 14.2 Å². The lowest BCUT2D eigenvalue weighted by molar-refractivity contribution is -0.154. The second-order valence-corrected chi connectivity index (χ2v) is 6.22. The zero-order valence-electron chi connectivity index (χ0n) is 15.4. The molecule has 1 aromatic carbocycles. The Hall–Kier alpha value is -3.09. The molecular weight excluding hydrogens is 334 g/mol. The van der Waals surface area contributed by atoms with Gasteiger partial charge in [-0.15, -0.1) is 0 Å². The van der Waals surface area contributed by atoms with Crippen molar-refractivity contribution in [3.05, 3.63) is 47.5 Å². The maximum absolute atomic E-state index is 12.0. The molecule has 0 atom stereocenters. The number of carbonyl (C=O) groups is 2. The third-order valence-electron chi connectivity index (χ3n) is 4.69. The Morgan fingerprint density at radius 2 is 1.81 bits per heavy atom. The van der Waals surface area contributed by atoms with Gasteiger partial charge in [-0.05, 0) is 42.7 Å². The number of hydrogen-bond acceptors (Lipinski definition) is 5. The molecule has 0 bridgehead atoms. The summed E-state index contributed by atoms with van der Waals surface area (Å²) < 4.78 is 13.4. The highest BCUT2D eigenvalue weighted by molar-refractivity contribution is 6.00. The molecule has 0 aliphatic rings. The van der Waals surface area contributed by atoms with E-state index in [4.69, 9.17) is 9.47 Å². The van der Waals surface area contributed by atoms with Crippen molar-refractivity contribution < 1.29 is 19.1 Å². The highest BCUT2D eigenvalue weighted by Crippen LogP contribution is 2.29. The van der Waals surface area contributed by atoms with Gasteiger partial charge in [-0.1, -0.05) is 0 Å². The van der Waals surface area contributed by atoms with E-state index in [0.717, 1.165) is 27.8 Å². The van der Waals surface area contributed by atoms with Gasteiger partial charge in [-0.2, -0.15) is 0 Å². The Labute approximate surface area is 151 Å². The number of rotatable bonds is 4. The number of hydrogen-bond donors (Lipinski definition) is 0. The monoisotopic (exact) mass is 355 g/mol. The maximum atomic E-state index is 12.0. The zero-order chi connectivity index (χ0) is 19.0. The number of methoxy groups -OCH3 is 2. The summed E-state index contributed by atoms with van der Waals surface area (Å²) in [6, 6.07) is 3.81. The lowest BCUT2D eigenvalue weighted by atomic mass is 10.0. The molecule has 3 aromatic rings. The number of benzene rings is 1. The topological polar surface area (TPSA) is 75.4 Å². The van der Waals surface area contributed by atoms with E-state index in [1.54, 1.807) is 18.6 Å². The molecular formula is C19H21N3O4. The smallest absolute Gasteiger partial charge is 0.324 e. The fourth-order valence-electron chi connectivity index (χ4n) is 3.11. The molecule has 26 heavy (non-hydrogen) atoms. The molecule has 0 radical (unpaired) electrons. The Morgan fingerprint density at radius 3 is 2.42 bits per heavy atom. The van der Waals surface area contributed by atoms with Gasteiger partial charge in [0.25, 0.3) is 0 Å². The van der Waals surface area contributed by atoms with Crippen molar-refractivity contribution >= 4 is 23.0 Å². The average Bonchev–Trinajstić information content (AvgIpc) is 3.24. The molecule has 0 aliphatic carbocycles. The highest BCUT2D eigenvalue weighted by Gasteiger charge is 2.31. The van der Waals surface area contributed by atoms with Crippen LogP contribution in [0.5, 0.6) is 0 Å². The Morgan fingerprint density at radius 1 is 1.15 bits per heavy atom. The van der Waals surface area contributed by atoms with Crippen molar-refractivity contribution in [3.63, 3.8) is 0 Å². The van der Waals surface area contributed by atoms with E-state index in [1.165, 1.54) is 14.2 Å². The van der Waals surface area contributed by atoms with Gasteiger partial charge in [-0.3, -0.25) is 9.59 Å². The van der Waals surface area contributed by atoms with Crippen molar-refractivity contribution in [1.29, 1.82) is 0 Å². The predicted octanol–water partition coefficient (Wildman–Crippen LogP) is 2.41. The van der Waals surface area contributed by atoms with Crippen LogP contribution in [-0.2, 0) is 26.1 Å².